The Morgan fingerprint density at radius 1 is 1.15 bits per heavy atom. The van der Waals surface area contributed by atoms with Gasteiger partial charge in [0, 0.05) is 17.2 Å². The molecule has 2 rings (SSSR count). The SMILES string of the molecule is COC(=O)c1cc(S(=O)(=O)N(C)CC(=O)Nc2ccccc2)ccc1Br. The van der Waals surface area contributed by atoms with Crippen molar-refractivity contribution < 1.29 is 22.7 Å². The van der Waals surface area contributed by atoms with Crippen LogP contribution in [-0.2, 0) is 19.6 Å². The van der Waals surface area contributed by atoms with Crippen LogP contribution in [0.25, 0.3) is 0 Å². The highest BCUT2D eigenvalue weighted by atomic mass is 79.9. The highest BCUT2D eigenvalue weighted by Crippen LogP contribution is 2.23. The molecule has 1 N–H and O–H groups in total. The molecule has 0 fully saturated rings. The summed E-state index contributed by atoms with van der Waals surface area (Å²) in [7, 11) is -1.47. The molecule has 9 heteroatoms. The number of anilines is 1. The summed E-state index contributed by atoms with van der Waals surface area (Å²) in [6.45, 7) is -0.374. The van der Waals surface area contributed by atoms with Gasteiger partial charge in [-0.05, 0) is 46.3 Å². The van der Waals surface area contributed by atoms with Crippen molar-refractivity contribution in [1.82, 2.24) is 4.31 Å². The molecule has 2 aromatic rings. The van der Waals surface area contributed by atoms with Crippen LogP contribution in [0.3, 0.4) is 0 Å². The van der Waals surface area contributed by atoms with E-state index in [0.29, 0.717) is 10.2 Å². The first-order valence-electron chi connectivity index (χ1n) is 7.45. The third kappa shape index (κ3) is 4.69. The van der Waals surface area contributed by atoms with E-state index in [2.05, 4.69) is 26.0 Å². The third-order valence-electron chi connectivity index (χ3n) is 3.48. The Kier molecular flexibility index (Phi) is 6.52. The molecule has 0 saturated carbocycles. The van der Waals surface area contributed by atoms with Crippen LogP contribution in [0.1, 0.15) is 10.4 Å². The Labute approximate surface area is 160 Å². The fraction of sp³-hybridized carbons (Fsp3) is 0.176. The highest BCUT2D eigenvalue weighted by Gasteiger charge is 2.25. The smallest absolute Gasteiger partial charge is 0.339 e. The lowest BCUT2D eigenvalue weighted by Crippen LogP contribution is -2.35. The van der Waals surface area contributed by atoms with E-state index in [4.69, 9.17) is 0 Å². The number of hydrogen-bond donors (Lipinski definition) is 1. The van der Waals surface area contributed by atoms with E-state index in [-0.39, 0.29) is 17.0 Å². The molecule has 0 radical (unpaired) electrons. The number of halogens is 1. The topological polar surface area (TPSA) is 92.8 Å². The monoisotopic (exact) mass is 440 g/mol. The molecule has 0 aliphatic carbocycles. The van der Waals surface area contributed by atoms with E-state index in [1.54, 1.807) is 30.3 Å². The first-order chi connectivity index (χ1) is 12.3. The van der Waals surface area contributed by atoms with Crippen molar-refractivity contribution in [2.24, 2.45) is 0 Å². The van der Waals surface area contributed by atoms with Gasteiger partial charge >= 0.3 is 5.97 Å². The van der Waals surface area contributed by atoms with Crippen LogP contribution in [0.5, 0.6) is 0 Å². The predicted molar refractivity (Wildman–Crippen MR) is 100 cm³/mol. The molecule has 0 spiro atoms. The molecule has 0 bridgehead atoms. The van der Waals surface area contributed by atoms with Gasteiger partial charge in [-0.25, -0.2) is 13.2 Å². The Balaban J connectivity index is 2.18. The number of para-hydroxylation sites is 1. The van der Waals surface area contributed by atoms with Gasteiger partial charge in [0.1, 0.15) is 0 Å². The quantitative estimate of drug-likeness (QED) is 0.696. The zero-order chi connectivity index (χ0) is 19.3. The van der Waals surface area contributed by atoms with Crippen molar-refractivity contribution in [2.75, 3.05) is 26.0 Å². The molecule has 0 aliphatic heterocycles. The molecule has 0 atom stereocenters. The van der Waals surface area contributed by atoms with Gasteiger partial charge in [0.15, 0.2) is 0 Å². The number of likely N-dealkylation sites (N-methyl/N-ethyl adjacent to an activating group) is 1. The summed E-state index contributed by atoms with van der Waals surface area (Å²) >= 11 is 3.18. The summed E-state index contributed by atoms with van der Waals surface area (Å²) in [5.41, 5.74) is 0.649. The Morgan fingerprint density at radius 2 is 1.81 bits per heavy atom. The summed E-state index contributed by atoms with van der Waals surface area (Å²) in [6.07, 6.45) is 0. The van der Waals surface area contributed by atoms with Gasteiger partial charge in [-0.15, -0.1) is 0 Å². The normalized spacial score (nSPS) is 11.2. The number of nitrogens with one attached hydrogen (secondary N) is 1. The number of methoxy groups -OCH3 is 1. The fourth-order valence-corrected chi connectivity index (χ4v) is 3.68. The molecular weight excluding hydrogens is 424 g/mol. The molecule has 0 unspecified atom stereocenters. The number of sulfonamides is 1. The number of rotatable bonds is 6. The average Bonchev–Trinajstić information content (AvgIpc) is 2.61. The van der Waals surface area contributed by atoms with Crippen LogP contribution in [0.4, 0.5) is 5.69 Å². The lowest BCUT2D eigenvalue weighted by molar-refractivity contribution is -0.116. The van der Waals surface area contributed by atoms with Crippen LogP contribution in [0.15, 0.2) is 57.9 Å². The molecule has 138 valence electrons. The summed E-state index contributed by atoms with van der Waals surface area (Å²) in [5, 5.41) is 2.62. The Bertz CT molecular complexity index is 916. The second-order valence-electron chi connectivity index (χ2n) is 5.31. The van der Waals surface area contributed by atoms with E-state index >= 15 is 0 Å². The van der Waals surface area contributed by atoms with E-state index in [1.165, 1.54) is 32.4 Å². The van der Waals surface area contributed by atoms with Crippen LogP contribution in [-0.4, -0.2) is 45.3 Å². The third-order valence-corrected chi connectivity index (χ3v) is 5.97. The summed E-state index contributed by atoms with van der Waals surface area (Å²) in [4.78, 5) is 23.7. The maximum Gasteiger partial charge on any atom is 0.339 e. The van der Waals surface area contributed by atoms with Crippen molar-refractivity contribution in [3.8, 4) is 0 Å². The minimum atomic E-state index is -3.96. The van der Waals surface area contributed by atoms with Gasteiger partial charge in [0.2, 0.25) is 15.9 Å². The predicted octanol–water partition coefficient (Wildman–Crippen LogP) is 2.49. The zero-order valence-corrected chi connectivity index (χ0v) is 16.5. The molecule has 26 heavy (non-hydrogen) atoms. The first-order valence-corrected chi connectivity index (χ1v) is 9.68. The zero-order valence-electron chi connectivity index (χ0n) is 14.1. The van der Waals surface area contributed by atoms with Crippen LogP contribution in [0.2, 0.25) is 0 Å². The van der Waals surface area contributed by atoms with Crippen LogP contribution < -0.4 is 5.32 Å². The molecule has 7 nitrogen and oxygen atoms in total. The van der Waals surface area contributed by atoms with Gasteiger partial charge in [-0.3, -0.25) is 4.79 Å². The van der Waals surface area contributed by atoms with Gasteiger partial charge in [-0.1, -0.05) is 18.2 Å². The fourth-order valence-electron chi connectivity index (χ4n) is 2.12. The molecule has 0 aromatic heterocycles. The maximum atomic E-state index is 12.7. The first kappa shape index (κ1) is 20.1. The Hall–Kier alpha value is -2.23. The summed E-state index contributed by atoms with van der Waals surface area (Å²) in [6, 6.07) is 12.7. The number of nitrogens with zero attached hydrogens (tertiary/aromatic N) is 1. The van der Waals surface area contributed by atoms with Crippen molar-refractivity contribution in [3.05, 3.63) is 58.6 Å². The number of carbonyl (C=O) groups excluding carboxylic acids is 2. The summed E-state index contributed by atoms with van der Waals surface area (Å²) < 4.78 is 31.3. The standard InChI is InChI=1S/C17H17BrN2O5S/c1-20(11-16(21)19-12-6-4-3-5-7-12)26(23,24)13-8-9-15(18)14(10-13)17(22)25-2/h3-10H,11H2,1-2H3,(H,19,21). The van der Waals surface area contributed by atoms with Crippen LogP contribution >= 0.6 is 15.9 Å². The molecule has 0 heterocycles. The second kappa shape index (κ2) is 8.43. The lowest BCUT2D eigenvalue weighted by Gasteiger charge is -2.17. The van der Waals surface area contributed by atoms with E-state index in [9.17, 15) is 18.0 Å². The largest absolute Gasteiger partial charge is 0.465 e. The summed E-state index contributed by atoms with van der Waals surface area (Å²) in [5.74, 6) is -1.15. The number of hydrogen-bond acceptors (Lipinski definition) is 5. The second-order valence-corrected chi connectivity index (χ2v) is 8.21. The van der Waals surface area contributed by atoms with Gasteiger partial charge in [0.25, 0.3) is 0 Å². The van der Waals surface area contributed by atoms with Crippen molar-refractivity contribution in [1.29, 1.82) is 0 Å². The molecule has 0 aliphatic rings. The lowest BCUT2D eigenvalue weighted by atomic mass is 10.2. The van der Waals surface area contributed by atoms with Crippen molar-refractivity contribution >= 4 is 43.5 Å². The number of esters is 1. The minimum Gasteiger partial charge on any atom is -0.465 e. The van der Waals surface area contributed by atoms with E-state index in [0.717, 1.165) is 4.31 Å². The Morgan fingerprint density at radius 3 is 2.42 bits per heavy atom. The molecule has 0 saturated heterocycles. The average molecular weight is 441 g/mol. The van der Waals surface area contributed by atoms with Gasteiger partial charge in [-0.2, -0.15) is 4.31 Å². The van der Waals surface area contributed by atoms with E-state index in [1.807, 2.05) is 0 Å². The van der Waals surface area contributed by atoms with E-state index < -0.39 is 21.9 Å². The molecular formula is C17H17BrN2O5S. The van der Waals surface area contributed by atoms with Crippen LogP contribution in [0, 0.1) is 0 Å². The highest BCUT2D eigenvalue weighted by molar-refractivity contribution is 9.10. The minimum absolute atomic E-state index is 0.0794. The number of ether oxygens (including phenoxy) is 1. The van der Waals surface area contributed by atoms with Gasteiger partial charge < -0.3 is 10.1 Å². The molecule has 1 amide bonds. The van der Waals surface area contributed by atoms with Crippen molar-refractivity contribution in [3.63, 3.8) is 0 Å². The number of amides is 1. The number of carbonyl (C=O) groups is 2. The van der Waals surface area contributed by atoms with Gasteiger partial charge in [0.05, 0.1) is 24.1 Å². The molecule has 2 aromatic carbocycles. The van der Waals surface area contributed by atoms with Crippen molar-refractivity contribution in [2.45, 2.75) is 4.90 Å². The number of benzene rings is 2. The maximum absolute atomic E-state index is 12.7.